The lowest BCUT2D eigenvalue weighted by atomic mass is 10.1. The average molecular weight is 309 g/mol. The molecule has 2 rings (SSSR count). The van der Waals surface area contributed by atoms with Crippen LogP contribution in [-0.4, -0.2) is 36.4 Å². The van der Waals surface area contributed by atoms with E-state index in [-0.39, 0.29) is 11.4 Å². The van der Waals surface area contributed by atoms with Gasteiger partial charge in [0.2, 0.25) is 10.0 Å². The molecule has 21 heavy (non-hydrogen) atoms. The first-order chi connectivity index (χ1) is 9.84. The minimum absolute atomic E-state index is 0.166. The second kappa shape index (κ2) is 5.99. The second-order valence-electron chi connectivity index (χ2n) is 5.37. The predicted octanol–water partition coefficient (Wildman–Crippen LogP) is 2.35. The highest BCUT2D eigenvalue weighted by Gasteiger charge is 2.39. The summed E-state index contributed by atoms with van der Waals surface area (Å²) < 4.78 is 26.7. The van der Waals surface area contributed by atoms with Crippen molar-refractivity contribution in [3.63, 3.8) is 0 Å². The van der Waals surface area contributed by atoms with Crippen molar-refractivity contribution >= 4 is 22.1 Å². The number of hydrogen-bond acceptors (Lipinski definition) is 3. The highest BCUT2D eigenvalue weighted by atomic mass is 32.2. The highest BCUT2D eigenvalue weighted by Crippen LogP contribution is 2.29. The SMILES string of the molecule is CC(C)=Cc1ccccc1S(=O)(=O)N1CCC[C@H]1C(=O)O. The zero-order valence-electron chi connectivity index (χ0n) is 12.1. The zero-order chi connectivity index (χ0) is 15.6. The van der Waals surface area contributed by atoms with Gasteiger partial charge in [-0.05, 0) is 38.3 Å². The fraction of sp³-hybridized carbons (Fsp3) is 0.400. The summed E-state index contributed by atoms with van der Waals surface area (Å²) >= 11 is 0. The summed E-state index contributed by atoms with van der Waals surface area (Å²) in [5.41, 5.74) is 1.57. The standard InChI is InChI=1S/C15H19NO4S/c1-11(2)10-12-6-3-4-8-14(12)21(19,20)16-9-5-7-13(16)15(17)18/h3-4,6,8,10,13H,5,7,9H2,1-2H3,(H,17,18)/t13-/m0/s1. The molecule has 1 fully saturated rings. The van der Waals surface area contributed by atoms with E-state index in [9.17, 15) is 18.3 Å². The van der Waals surface area contributed by atoms with Crippen molar-refractivity contribution in [2.24, 2.45) is 0 Å². The van der Waals surface area contributed by atoms with Crippen molar-refractivity contribution in [1.82, 2.24) is 4.31 Å². The third-order valence-electron chi connectivity index (χ3n) is 3.44. The summed E-state index contributed by atoms with van der Waals surface area (Å²) in [5.74, 6) is -1.09. The third-order valence-corrected chi connectivity index (χ3v) is 5.42. The third kappa shape index (κ3) is 3.16. The number of aliphatic carboxylic acids is 1. The van der Waals surface area contributed by atoms with Gasteiger partial charge in [-0.15, -0.1) is 0 Å². The van der Waals surface area contributed by atoms with E-state index in [1.165, 1.54) is 6.07 Å². The number of nitrogens with zero attached hydrogens (tertiary/aromatic N) is 1. The monoisotopic (exact) mass is 309 g/mol. The molecule has 1 atom stereocenters. The molecule has 0 amide bonds. The van der Waals surface area contributed by atoms with Crippen LogP contribution in [-0.2, 0) is 14.8 Å². The summed E-state index contributed by atoms with van der Waals surface area (Å²) in [5, 5.41) is 9.19. The van der Waals surface area contributed by atoms with E-state index in [0.717, 1.165) is 9.88 Å². The van der Waals surface area contributed by atoms with Gasteiger partial charge in [0.05, 0.1) is 4.90 Å². The van der Waals surface area contributed by atoms with Crippen LogP contribution in [0.4, 0.5) is 0 Å². The Balaban J connectivity index is 2.50. The van der Waals surface area contributed by atoms with Gasteiger partial charge >= 0.3 is 5.97 Å². The largest absolute Gasteiger partial charge is 0.480 e. The van der Waals surface area contributed by atoms with Crippen LogP contribution < -0.4 is 0 Å². The molecule has 0 aliphatic carbocycles. The van der Waals surface area contributed by atoms with Crippen molar-refractivity contribution in [3.05, 3.63) is 35.4 Å². The van der Waals surface area contributed by atoms with E-state index in [4.69, 9.17) is 0 Å². The molecule has 1 aromatic rings. The van der Waals surface area contributed by atoms with E-state index >= 15 is 0 Å². The Morgan fingerprint density at radius 3 is 2.62 bits per heavy atom. The molecule has 0 aromatic heterocycles. The molecule has 0 spiro atoms. The van der Waals surface area contributed by atoms with Gasteiger partial charge in [-0.2, -0.15) is 4.31 Å². The van der Waals surface area contributed by atoms with E-state index in [2.05, 4.69) is 0 Å². The van der Waals surface area contributed by atoms with Crippen molar-refractivity contribution in [1.29, 1.82) is 0 Å². The van der Waals surface area contributed by atoms with Crippen molar-refractivity contribution in [2.75, 3.05) is 6.54 Å². The first kappa shape index (κ1) is 15.7. The fourth-order valence-corrected chi connectivity index (χ4v) is 4.37. The Morgan fingerprint density at radius 2 is 2.00 bits per heavy atom. The Hall–Kier alpha value is -1.66. The van der Waals surface area contributed by atoms with E-state index < -0.39 is 22.0 Å². The Bertz CT molecular complexity index is 675. The normalized spacial score (nSPS) is 19.4. The van der Waals surface area contributed by atoms with Gasteiger partial charge in [0.25, 0.3) is 0 Å². The predicted molar refractivity (Wildman–Crippen MR) is 80.3 cm³/mol. The van der Waals surface area contributed by atoms with Gasteiger partial charge in [-0.1, -0.05) is 29.8 Å². The minimum Gasteiger partial charge on any atom is -0.480 e. The van der Waals surface area contributed by atoms with Crippen LogP contribution in [0.3, 0.4) is 0 Å². The molecule has 1 aromatic carbocycles. The molecular weight excluding hydrogens is 290 g/mol. The molecule has 1 heterocycles. The number of carboxylic acids is 1. The summed E-state index contributed by atoms with van der Waals surface area (Å²) in [6.07, 6.45) is 2.72. The Labute approximate surface area is 124 Å². The lowest BCUT2D eigenvalue weighted by Crippen LogP contribution is -2.40. The van der Waals surface area contributed by atoms with Crippen LogP contribution in [0.15, 0.2) is 34.7 Å². The van der Waals surface area contributed by atoms with E-state index in [0.29, 0.717) is 18.4 Å². The van der Waals surface area contributed by atoms with E-state index in [1.54, 1.807) is 24.3 Å². The molecule has 0 saturated carbocycles. The number of sulfonamides is 1. The number of hydrogen-bond donors (Lipinski definition) is 1. The van der Waals surface area contributed by atoms with Gasteiger partial charge in [0.1, 0.15) is 6.04 Å². The second-order valence-corrected chi connectivity index (χ2v) is 7.23. The van der Waals surface area contributed by atoms with Crippen LogP contribution >= 0.6 is 0 Å². The maximum Gasteiger partial charge on any atom is 0.322 e. The molecular formula is C15H19NO4S. The minimum atomic E-state index is -3.80. The fourth-order valence-electron chi connectivity index (χ4n) is 2.55. The van der Waals surface area contributed by atoms with Crippen molar-refractivity contribution < 1.29 is 18.3 Å². The summed E-state index contributed by atoms with van der Waals surface area (Å²) in [4.78, 5) is 11.4. The number of carboxylic acid groups (broad SMARTS) is 1. The molecule has 6 heteroatoms. The number of benzene rings is 1. The lowest BCUT2D eigenvalue weighted by Gasteiger charge is -2.22. The van der Waals surface area contributed by atoms with Crippen LogP contribution in [0.1, 0.15) is 32.3 Å². The molecule has 0 radical (unpaired) electrons. The van der Waals surface area contributed by atoms with Gasteiger partial charge in [-0.25, -0.2) is 8.42 Å². The van der Waals surface area contributed by atoms with Crippen molar-refractivity contribution in [2.45, 2.75) is 37.6 Å². The zero-order valence-corrected chi connectivity index (χ0v) is 12.9. The first-order valence-electron chi connectivity index (χ1n) is 6.82. The number of allylic oxidation sites excluding steroid dienone is 1. The Kier molecular flexibility index (Phi) is 4.49. The quantitative estimate of drug-likeness (QED) is 0.926. The van der Waals surface area contributed by atoms with Gasteiger partial charge < -0.3 is 5.11 Å². The van der Waals surface area contributed by atoms with Gasteiger partial charge in [0.15, 0.2) is 0 Å². The van der Waals surface area contributed by atoms with Crippen molar-refractivity contribution in [3.8, 4) is 0 Å². The van der Waals surface area contributed by atoms with Gasteiger partial charge in [-0.3, -0.25) is 4.79 Å². The maximum atomic E-state index is 12.8. The molecule has 1 aliphatic rings. The highest BCUT2D eigenvalue weighted by molar-refractivity contribution is 7.89. The van der Waals surface area contributed by atoms with Crippen LogP contribution in [0, 0.1) is 0 Å². The smallest absolute Gasteiger partial charge is 0.322 e. The summed E-state index contributed by atoms with van der Waals surface area (Å²) in [6, 6.07) is 5.72. The molecule has 0 unspecified atom stereocenters. The van der Waals surface area contributed by atoms with E-state index in [1.807, 2.05) is 13.8 Å². The first-order valence-corrected chi connectivity index (χ1v) is 8.26. The van der Waals surface area contributed by atoms with Crippen LogP contribution in [0.2, 0.25) is 0 Å². The molecule has 1 aliphatic heterocycles. The van der Waals surface area contributed by atoms with Crippen LogP contribution in [0.25, 0.3) is 6.08 Å². The molecule has 114 valence electrons. The molecule has 0 bridgehead atoms. The molecule has 5 nitrogen and oxygen atoms in total. The Morgan fingerprint density at radius 1 is 1.33 bits per heavy atom. The number of carbonyl (C=O) groups is 1. The summed E-state index contributed by atoms with van der Waals surface area (Å²) in [7, 11) is -3.80. The van der Waals surface area contributed by atoms with Gasteiger partial charge in [0, 0.05) is 6.54 Å². The topological polar surface area (TPSA) is 74.7 Å². The summed E-state index contributed by atoms with van der Waals surface area (Å²) in [6.45, 7) is 4.03. The molecule has 1 N–H and O–H groups in total. The average Bonchev–Trinajstić information content (AvgIpc) is 2.88. The lowest BCUT2D eigenvalue weighted by molar-refractivity contribution is -0.140. The number of rotatable bonds is 4. The van der Waals surface area contributed by atoms with Crippen LogP contribution in [0.5, 0.6) is 0 Å². The molecule has 1 saturated heterocycles. The maximum absolute atomic E-state index is 12.8.